The molecular weight excluding hydrogens is 322 g/mol. The van der Waals surface area contributed by atoms with Crippen LogP contribution in [-0.4, -0.2) is 37.0 Å². The second-order valence-corrected chi connectivity index (χ2v) is 6.15. The number of rotatable bonds is 4. The van der Waals surface area contributed by atoms with E-state index in [9.17, 15) is 4.79 Å². The second kappa shape index (κ2) is 8.29. The number of nitrogens with one attached hydrogen (secondary N) is 1. The molecule has 0 unspecified atom stereocenters. The fraction of sp³-hybridized carbons (Fsp3) is 0.316. The number of likely N-dealkylation sites (tertiary alicyclic amines) is 1. The summed E-state index contributed by atoms with van der Waals surface area (Å²) in [6.45, 7) is 2.65. The van der Waals surface area contributed by atoms with Crippen molar-refractivity contribution in [1.82, 2.24) is 10.2 Å². The molecule has 2 aromatic carbocycles. The molecule has 0 saturated carbocycles. The van der Waals surface area contributed by atoms with E-state index < -0.39 is 0 Å². The van der Waals surface area contributed by atoms with Gasteiger partial charge in [0.2, 0.25) is 0 Å². The predicted molar refractivity (Wildman–Crippen MR) is 99.5 cm³/mol. The fourth-order valence-corrected chi connectivity index (χ4v) is 3.31. The van der Waals surface area contributed by atoms with Gasteiger partial charge in [-0.25, -0.2) is 0 Å². The summed E-state index contributed by atoms with van der Waals surface area (Å²) in [6, 6.07) is 18.4. The van der Waals surface area contributed by atoms with Crippen LogP contribution in [0.4, 0.5) is 0 Å². The van der Waals surface area contributed by atoms with Crippen molar-refractivity contribution in [3.8, 4) is 0 Å². The molecule has 2 atom stereocenters. The van der Waals surface area contributed by atoms with E-state index in [0.717, 1.165) is 25.2 Å². The molecule has 1 amide bonds. The van der Waals surface area contributed by atoms with E-state index in [1.54, 1.807) is 7.05 Å². The molecule has 24 heavy (non-hydrogen) atoms. The van der Waals surface area contributed by atoms with Crippen molar-refractivity contribution in [2.24, 2.45) is 5.73 Å². The van der Waals surface area contributed by atoms with Crippen LogP contribution in [0.2, 0.25) is 0 Å². The molecule has 2 aromatic rings. The first-order chi connectivity index (χ1) is 11.2. The zero-order valence-corrected chi connectivity index (χ0v) is 14.6. The maximum Gasteiger partial charge on any atom is 0.251 e. The van der Waals surface area contributed by atoms with Gasteiger partial charge in [-0.2, -0.15) is 0 Å². The molecule has 1 heterocycles. The molecule has 0 radical (unpaired) electrons. The minimum Gasteiger partial charge on any atom is -0.355 e. The summed E-state index contributed by atoms with van der Waals surface area (Å²) in [7, 11) is 1.65. The Hall–Kier alpha value is -1.88. The quantitative estimate of drug-likeness (QED) is 0.894. The SMILES string of the molecule is CNC(=O)c1cccc(CN2C[C@@H](N)[C@H](c3ccccc3)C2)c1.Cl. The van der Waals surface area contributed by atoms with Crippen molar-refractivity contribution in [2.75, 3.05) is 20.1 Å². The number of hydrogen-bond acceptors (Lipinski definition) is 3. The largest absolute Gasteiger partial charge is 0.355 e. The normalized spacial score (nSPS) is 20.4. The molecular formula is C19H24ClN3O. The van der Waals surface area contributed by atoms with E-state index in [1.807, 2.05) is 24.3 Å². The number of carbonyl (C=O) groups excluding carboxylic acids is 1. The van der Waals surface area contributed by atoms with Gasteiger partial charge in [-0.3, -0.25) is 9.69 Å². The number of halogens is 1. The molecule has 0 bridgehead atoms. The van der Waals surface area contributed by atoms with Gasteiger partial charge in [0, 0.05) is 44.2 Å². The van der Waals surface area contributed by atoms with Crippen LogP contribution in [0.15, 0.2) is 54.6 Å². The first-order valence-corrected chi connectivity index (χ1v) is 8.01. The highest BCUT2D eigenvalue weighted by Gasteiger charge is 2.30. The van der Waals surface area contributed by atoms with Crippen molar-refractivity contribution in [3.05, 3.63) is 71.3 Å². The van der Waals surface area contributed by atoms with E-state index in [1.165, 1.54) is 5.56 Å². The standard InChI is InChI=1S/C19H23N3O.ClH/c1-21-19(23)16-9-5-6-14(10-16)11-22-12-17(18(20)13-22)15-7-3-2-4-8-15;/h2-10,17-18H,11-13,20H2,1H3,(H,21,23);1H/t17-,18+;/m0./s1. The zero-order valence-electron chi connectivity index (χ0n) is 13.8. The molecule has 3 rings (SSSR count). The second-order valence-electron chi connectivity index (χ2n) is 6.15. The van der Waals surface area contributed by atoms with Gasteiger partial charge in [0.1, 0.15) is 0 Å². The summed E-state index contributed by atoms with van der Waals surface area (Å²) < 4.78 is 0. The Morgan fingerprint density at radius 2 is 1.92 bits per heavy atom. The average molecular weight is 346 g/mol. The van der Waals surface area contributed by atoms with E-state index in [0.29, 0.717) is 11.5 Å². The first kappa shape index (κ1) is 18.5. The van der Waals surface area contributed by atoms with Crippen LogP contribution in [0.25, 0.3) is 0 Å². The number of amides is 1. The Bertz CT molecular complexity index is 677. The van der Waals surface area contributed by atoms with Crippen LogP contribution in [0, 0.1) is 0 Å². The molecule has 0 aromatic heterocycles. The van der Waals surface area contributed by atoms with Crippen LogP contribution >= 0.6 is 12.4 Å². The van der Waals surface area contributed by atoms with Crippen LogP contribution < -0.4 is 11.1 Å². The summed E-state index contributed by atoms with van der Waals surface area (Å²) in [6.07, 6.45) is 0. The minimum atomic E-state index is -0.0489. The summed E-state index contributed by atoms with van der Waals surface area (Å²) in [5.41, 5.74) is 9.50. The molecule has 1 fully saturated rings. The van der Waals surface area contributed by atoms with Gasteiger partial charge >= 0.3 is 0 Å². The highest BCUT2D eigenvalue weighted by Crippen LogP contribution is 2.27. The number of carbonyl (C=O) groups is 1. The van der Waals surface area contributed by atoms with Crippen LogP contribution in [0.1, 0.15) is 27.4 Å². The molecule has 128 valence electrons. The molecule has 1 aliphatic rings. The molecule has 0 spiro atoms. The number of hydrogen-bond donors (Lipinski definition) is 2. The van der Waals surface area contributed by atoms with Crippen molar-refractivity contribution >= 4 is 18.3 Å². The van der Waals surface area contributed by atoms with Gasteiger partial charge in [0.15, 0.2) is 0 Å². The average Bonchev–Trinajstić information content (AvgIpc) is 2.95. The Morgan fingerprint density at radius 1 is 1.17 bits per heavy atom. The van der Waals surface area contributed by atoms with E-state index in [4.69, 9.17) is 5.73 Å². The topological polar surface area (TPSA) is 58.4 Å². The van der Waals surface area contributed by atoms with Crippen LogP contribution in [-0.2, 0) is 6.54 Å². The highest BCUT2D eigenvalue weighted by molar-refractivity contribution is 5.94. The van der Waals surface area contributed by atoms with Crippen molar-refractivity contribution in [2.45, 2.75) is 18.5 Å². The maximum atomic E-state index is 11.7. The molecule has 1 saturated heterocycles. The molecule has 1 aliphatic heterocycles. The lowest BCUT2D eigenvalue weighted by Crippen LogP contribution is -2.28. The van der Waals surface area contributed by atoms with Gasteiger partial charge < -0.3 is 11.1 Å². The van der Waals surface area contributed by atoms with Gasteiger partial charge in [0.05, 0.1) is 0 Å². The van der Waals surface area contributed by atoms with Gasteiger partial charge in [-0.05, 0) is 23.3 Å². The summed E-state index contributed by atoms with van der Waals surface area (Å²) in [4.78, 5) is 14.1. The van der Waals surface area contributed by atoms with Gasteiger partial charge in [-0.1, -0.05) is 42.5 Å². The molecule has 3 N–H and O–H groups in total. The van der Waals surface area contributed by atoms with Crippen molar-refractivity contribution < 1.29 is 4.79 Å². The molecule has 4 nitrogen and oxygen atoms in total. The van der Waals surface area contributed by atoms with Crippen LogP contribution in [0.3, 0.4) is 0 Å². The Labute approximate surface area is 149 Å². The minimum absolute atomic E-state index is 0. The fourth-order valence-electron chi connectivity index (χ4n) is 3.31. The highest BCUT2D eigenvalue weighted by atomic mass is 35.5. The molecule has 0 aliphatic carbocycles. The van der Waals surface area contributed by atoms with Gasteiger partial charge in [0.25, 0.3) is 5.91 Å². The third-order valence-corrected chi connectivity index (χ3v) is 4.49. The lowest BCUT2D eigenvalue weighted by Gasteiger charge is -2.16. The van der Waals surface area contributed by atoms with E-state index in [-0.39, 0.29) is 24.4 Å². The predicted octanol–water partition coefficient (Wildman–Crippen LogP) is 2.39. The Kier molecular flexibility index (Phi) is 6.37. The zero-order chi connectivity index (χ0) is 16.2. The summed E-state index contributed by atoms with van der Waals surface area (Å²) in [5, 5.41) is 2.67. The van der Waals surface area contributed by atoms with Gasteiger partial charge in [-0.15, -0.1) is 12.4 Å². The maximum absolute atomic E-state index is 11.7. The first-order valence-electron chi connectivity index (χ1n) is 8.01. The van der Waals surface area contributed by atoms with E-state index >= 15 is 0 Å². The molecule has 5 heteroatoms. The summed E-state index contributed by atoms with van der Waals surface area (Å²) in [5.74, 6) is 0.324. The van der Waals surface area contributed by atoms with Crippen molar-refractivity contribution in [1.29, 1.82) is 0 Å². The van der Waals surface area contributed by atoms with E-state index in [2.05, 4.69) is 40.5 Å². The summed E-state index contributed by atoms with van der Waals surface area (Å²) >= 11 is 0. The third-order valence-electron chi connectivity index (χ3n) is 4.49. The Morgan fingerprint density at radius 3 is 2.62 bits per heavy atom. The smallest absolute Gasteiger partial charge is 0.251 e. The van der Waals surface area contributed by atoms with Crippen molar-refractivity contribution in [3.63, 3.8) is 0 Å². The lowest BCUT2D eigenvalue weighted by molar-refractivity contribution is 0.0963. The van der Waals surface area contributed by atoms with Crippen LogP contribution in [0.5, 0.6) is 0 Å². The Balaban J connectivity index is 0.00000208. The number of nitrogens with zero attached hydrogens (tertiary/aromatic N) is 1. The lowest BCUT2D eigenvalue weighted by atomic mass is 9.95. The third kappa shape index (κ3) is 4.15. The monoisotopic (exact) mass is 345 g/mol. The number of benzene rings is 2. The number of nitrogens with two attached hydrogens (primary N) is 1.